The summed E-state index contributed by atoms with van der Waals surface area (Å²) in [4.78, 5) is 12.7. The Bertz CT molecular complexity index is 1830. The largest absolute Gasteiger partial charge is 0.456 e. The maximum absolute atomic E-state index is 13.5. The van der Waals surface area contributed by atoms with Crippen LogP contribution in [0.5, 0.6) is 5.75 Å². The number of esters is 1. The highest BCUT2D eigenvalue weighted by molar-refractivity contribution is 7.92. The molecule has 198 valence electrons. The lowest BCUT2D eigenvalue weighted by Crippen LogP contribution is -2.31. The van der Waals surface area contributed by atoms with Gasteiger partial charge in [0.15, 0.2) is 0 Å². The zero-order valence-corrected chi connectivity index (χ0v) is 21.0. The summed E-state index contributed by atoms with van der Waals surface area (Å²) < 4.78 is 78.8. The van der Waals surface area contributed by atoms with E-state index in [0.29, 0.717) is 11.2 Å². The van der Waals surface area contributed by atoms with Crippen molar-refractivity contribution < 1.29 is 35.5 Å². The quantitative estimate of drug-likeness (QED) is 0.121. The molecular formula is C29H20F3NO5S. The van der Waals surface area contributed by atoms with Crippen molar-refractivity contribution in [3.63, 3.8) is 0 Å². The molecule has 0 aliphatic heterocycles. The summed E-state index contributed by atoms with van der Waals surface area (Å²) in [5.41, 5.74) is 0.0397. The third-order valence-electron chi connectivity index (χ3n) is 5.97. The summed E-state index contributed by atoms with van der Waals surface area (Å²) in [7, 11) is -4.38. The number of carbonyl (C=O) groups excluding carboxylic acids is 1. The number of benzene rings is 4. The molecule has 0 radical (unpaired) electrons. The van der Waals surface area contributed by atoms with E-state index in [4.69, 9.17) is 9.15 Å². The Morgan fingerprint density at radius 1 is 0.897 bits per heavy atom. The van der Waals surface area contributed by atoms with E-state index >= 15 is 0 Å². The summed E-state index contributed by atoms with van der Waals surface area (Å²) in [6, 6.07) is 21.4. The maximum Gasteiger partial charge on any atom is 0.416 e. The van der Waals surface area contributed by atoms with Crippen LogP contribution >= 0.6 is 0 Å². The van der Waals surface area contributed by atoms with Crippen molar-refractivity contribution in [3.05, 3.63) is 115 Å². The third-order valence-corrected chi connectivity index (χ3v) is 7.76. The number of rotatable bonds is 7. The molecule has 0 amide bonds. The first-order chi connectivity index (χ1) is 18.6. The Balaban J connectivity index is 1.45. The van der Waals surface area contributed by atoms with Gasteiger partial charge in [-0.15, -0.1) is 6.58 Å². The van der Waals surface area contributed by atoms with Crippen LogP contribution in [-0.2, 0) is 16.2 Å². The van der Waals surface area contributed by atoms with Gasteiger partial charge in [0.2, 0.25) is 0 Å². The minimum absolute atomic E-state index is 0.0594. The van der Waals surface area contributed by atoms with Gasteiger partial charge in [-0.1, -0.05) is 36.4 Å². The monoisotopic (exact) mass is 551 g/mol. The lowest BCUT2D eigenvalue weighted by Gasteiger charge is -2.24. The predicted molar refractivity (Wildman–Crippen MR) is 141 cm³/mol. The highest BCUT2D eigenvalue weighted by Crippen LogP contribution is 2.34. The standard InChI is InChI=1S/C29H20F3NO5S/c1-2-15-33(21-9-6-8-20(17-21)29(30,31)32)39(35,36)23-10-5-7-19(16-23)28(34)37-22-13-14-27-25(18-22)24-11-3-4-12-26(24)38-27/h2-14,16-18H,1,15H2. The topological polar surface area (TPSA) is 76.8 Å². The van der Waals surface area contributed by atoms with Crippen LogP contribution in [0.25, 0.3) is 21.9 Å². The van der Waals surface area contributed by atoms with Gasteiger partial charge in [-0.05, 0) is 60.7 Å². The molecule has 0 bridgehead atoms. The SMILES string of the molecule is C=CCN(c1cccc(C(F)(F)F)c1)S(=O)(=O)c1cccc(C(=O)Oc2ccc3oc4ccccc4c3c2)c1. The second kappa shape index (κ2) is 9.95. The Hall–Kier alpha value is -4.57. The number of hydrogen-bond donors (Lipinski definition) is 0. The third kappa shape index (κ3) is 5.10. The van der Waals surface area contributed by atoms with Gasteiger partial charge < -0.3 is 9.15 Å². The minimum atomic E-state index is -4.66. The maximum atomic E-state index is 13.5. The molecule has 10 heteroatoms. The van der Waals surface area contributed by atoms with Crippen molar-refractivity contribution >= 4 is 43.6 Å². The van der Waals surface area contributed by atoms with E-state index < -0.39 is 27.7 Å². The zero-order valence-electron chi connectivity index (χ0n) is 20.2. The van der Waals surface area contributed by atoms with Crippen LogP contribution in [0.2, 0.25) is 0 Å². The molecule has 0 N–H and O–H groups in total. The van der Waals surface area contributed by atoms with Crippen LogP contribution in [0, 0.1) is 0 Å². The first-order valence-electron chi connectivity index (χ1n) is 11.6. The number of para-hydroxylation sites is 1. The van der Waals surface area contributed by atoms with Crippen molar-refractivity contribution in [1.29, 1.82) is 0 Å². The van der Waals surface area contributed by atoms with E-state index in [2.05, 4.69) is 6.58 Å². The molecule has 0 aliphatic rings. The number of fused-ring (bicyclic) bond motifs is 3. The molecule has 0 saturated heterocycles. The molecule has 0 spiro atoms. The van der Waals surface area contributed by atoms with E-state index in [-0.39, 0.29) is 28.4 Å². The Labute approximate surface area is 221 Å². The van der Waals surface area contributed by atoms with E-state index in [9.17, 15) is 26.4 Å². The van der Waals surface area contributed by atoms with Gasteiger partial charge >= 0.3 is 12.1 Å². The minimum Gasteiger partial charge on any atom is -0.456 e. The average Bonchev–Trinajstić information content (AvgIpc) is 3.29. The molecule has 1 heterocycles. The number of sulfonamides is 1. The first kappa shape index (κ1) is 26.1. The average molecular weight is 552 g/mol. The highest BCUT2D eigenvalue weighted by atomic mass is 32.2. The number of halogens is 3. The van der Waals surface area contributed by atoms with Crippen LogP contribution in [0.1, 0.15) is 15.9 Å². The lowest BCUT2D eigenvalue weighted by molar-refractivity contribution is -0.137. The Morgan fingerprint density at radius 2 is 1.64 bits per heavy atom. The normalized spacial score (nSPS) is 12.0. The van der Waals surface area contributed by atoms with Crippen molar-refractivity contribution in [1.82, 2.24) is 0 Å². The summed E-state index contributed by atoms with van der Waals surface area (Å²) in [6.07, 6.45) is -3.40. The molecule has 39 heavy (non-hydrogen) atoms. The van der Waals surface area contributed by atoms with Gasteiger partial charge in [-0.2, -0.15) is 13.2 Å². The van der Waals surface area contributed by atoms with Crippen LogP contribution in [-0.4, -0.2) is 20.9 Å². The van der Waals surface area contributed by atoms with E-state index in [0.717, 1.165) is 39.3 Å². The van der Waals surface area contributed by atoms with Crippen molar-refractivity contribution in [2.75, 3.05) is 10.8 Å². The van der Waals surface area contributed by atoms with Crippen LogP contribution < -0.4 is 9.04 Å². The summed E-state index contributed by atoms with van der Waals surface area (Å²) >= 11 is 0. The molecule has 0 saturated carbocycles. The second-order valence-corrected chi connectivity index (χ2v) is 10.4. The van der Waals surface area contributed by atoms with Gasteiger partial charge in [0.1, 0.15) is 16.9 Å². The molecule has 1 aromatic heterocycles. The number of carbonyl (C=O) groups is 1. The number of nitrogens with zero attached hydrogens (tertiary/aromatic N) is 1. The molecule has 4 aromatic carbocycles. The Kier molecular flexibility index (Phi) is 6.65. The van der Waals surface area contributed by atoms with Gasteiger partial charge in [0, 0.05) is 10.8 Å². The van der Waals surface area contributed by atoms with Gasteiger partial charge in [-0.3, -0.25) is 4.31 Å². The lowest BCUT2D eigenvalue weighted by atomic mass is 10.1. The second-order valence-electron chi connectivity index (χ2n) is 8.55. The molecule has 5 rings (SSSR count). The first-order valence-corrected chi connectivity index (χ1v) is 13.1. The van der Waals surface area contributed by atoms with Gasteiger partial charge in [0.05, 0.1) is 28.3 Å². The highest BCUT2D eigenvalue weighted by Gasteiger charge is 2.32. The molecule has 0 aliphatic carbocycles. The van der Waals surface area contributed by atoms with Crippen LogP contribution in [0.15, 0.2) is 113 Å². The molecule has 5 aromatic rings. The Morgan fingerprint density at radius 3 is 2.41 bits per heavy atom. The van der Waals surface area contributed by atoms with E-state index in [1.807, 2.05) is 24.3 Å². The molecular weight excluding hydrogens is 531 g/mol. The molecule has 6 nitrogen and oxygen atoms in total. The number of furan rings is 1. The van der Waals surface area contributed by atoms with Crippen LogP contribution in [0.3, 0.4) is 0 Å². The smallest absolute Gasteiger partial charge is 0.416 e. The van der Waals surface area contributed by atoms with Crippen molar-refractivity contribution in [2.45, 2.75) is 11.1 Å². The summed E-state index contributed by atoms with van der Waals surface area (Å²) in [6.45, 7) is 3.23. The fourth-order valence-electron chi connectivity index (χ4n) is 4.14. The zero-order chi connectivity index (χ0) is 27.8. The summed E-state index contributed by atoms with van der Waals surface area (Å²) in [5.74, 6) is -0.585. The molecule has 0 fully saturated rings. The summed E-state index contributed by atoms with van der Waals surface area (Å²) in [5, 5.41) is 1.59. The number of ether oxygens (including phenoxy) is 1. The van der Waals surface area contributed by atoms with E-state index in [1.165, 1.54) is 30.3 Å². The van der Waals surface area contributed by atoms with Crippen LogP contribution in [0.4, 0.5) is 18.9 Å². The predicted octanol–water partition coefficient (Wildman–Crippen LogP) is 7.21. The number of anilines is 1. The number of hydrogen-bond acceptors (Lipinski definition) is 5. The van der Waals surface area contributed by atoms with Crippen molar-refractivity contribution in [2.24, 2.45) is 0 Å². The molecule has 0 atom stereocenters. The number of alkyl halides is 3. The molecule has 0 unspecified atom stereocenters. The van der Waals surface area contributed by atoms with E-state index in [1.54, 1.807) is 18.2 Å². The van der Waals surface area contributed by atoms with Crippen molar-refractivity contribution in [3.8, 4) is 5.75 Å². The fraction of sp³-hybridized carbons (Fsp3) is 0.0690. The fourth-order valence-corrected chi connectivity index (χ4v) is 5.62. The van der Waals surface area contributed by atoms with Gasteiger partial charge in [-0.25, -0.2) is 13.2 Å². The van der Waals surface area contributed by atoms with Gasteiger partial charge in [0.25, 0.3) is 10.0 Å².